The molecule has 0 saturated carbocycles. The molecule has 94 valence electrons. The molecule has 0 aliphatic carbocycles. The van der Waals surface area contributed by atoms with Gasteiger partial charge in [-0.05, 0) is 24.1 Å². The third kappa shape index (κ3) is 4.99. The van der Waals surface area contributed by atoms with E-state index in [2.05, 4.69) is 17.2 Å². The highest BCUT2D eigenvalue weighted by Gasteiger charge is 1.97. The Kier molecular flexibility index (Phi) is 5.69. The van der Waals surface area contributed by atoms with Gasteiger partial charge in [-0.25, -0.2) is 4.99 Å². The number of nitrogens with two attached hydrogens (primary N) is 1. The number of benzene rings is 1. The Balaban J connectivity index is 2.54. The standard InChI is InChI=1S/C12H19N3OS/c1-3-8-14-12(13)15-9-10-4-6-11(7-5-10)17(2)16/h4-7H,3,8-9H2,1-2H3,(H3,13,14,15). The number of nitrogens with one attached hydrogen (secondary N) is 1. The smallest absolute Gasteiger partial charge is 0.188 e. The average molecular weight is 253 g/mol. The summed E-state index contributed by atoms with van der Waals surface area (Å²) in [6, 6.07) is 7.56. The van der Waals surface area contributed by atoms with Gasteiger partial charge in [-0.1, -0.05) is 19.1 Å². The topological polar surface area (TPSA) is 67.5 Å². The lowest BCUT2D eigenvalue weighted by Crippen LogP contribution is -2.32. The molecular formula is C12H19N3OS. The quantitative estimate of drug-likeness (QED) is 0.613. The third-order valence-electron chi connectivity index (χ3n) is 2.24. The van der Waals surface area contributed by atoms with Crippen molar-refractivity contribution in [1.29, 1.82) is 0 Å². The highest BCUT2D eigenvalue weighted by molar-refractivity contribution is 7.84. The van der Waals surface area contributed by atoms with Gasteiger partial charge in [-0.3, -0.25) is 4.21 Å². The predicted molar refractivity (Wildman–Crippen MR) is 72.4 cm³/mol. The van der Waals surface area contributed by atoms with E-state index in [1.54, 1.807) is 6.26 Å². The van der Waals surface area contributed by atoms with E-state index in [4.69, 9.17) is 5.73 Å². The monoisotopic (exact) mass is 253 g/mol. The minimum Gasteiger partial charge on any atom is -0.370 e. The molecule has 0 radical (unpaired) electrons. The first-order valence-electron chi connectivity index (χ1n) is 5.59. The molecule has 0 saturated heterocycles. The largest absolute Gasteiger partial charge is 0.370 e. The highest BCUT2D eigenvalue weighted by atomic mass is 32.2. The molecule has 0 fully saturated rings. The Morgan fingerprint density at radius 3 is 2.59 bits per heavy atom. The molecule has 1 aromatic carbocycles. The third-order valence-corrected chi connectivity index (χ3v) is 3.18. The second kappa shape index (κ2) is 7.06. The number of hydrogen-bond acceptors (Lipinski definition) is 2. The van der Waals surface area contributed by atoms with Crippen LogP contribution < -0.4 is 11.1 Å². The second-order valence-electron chi connectivity index (χ2n) is 3.73. The lowest BCUT2D eigenvalue weighted by atomic mass is 10.2. The van der Waals surface area contributed by atoms with Crippen molar-refractivity contribution in [2.24, 2.45) is 10.7 Å². The molecule has 0 amide bonds. The van der Waals surface area contributed by atoms with Crippen molar-refractivity contribution in [3.8, 4) is 0 Å². The van der Waals surface area contributed by atoms with Gasteiger partial charge in [0.25, 0.3) is 0 Å². The molecule has 1 rings (SSSR count). The Bertz CT molecular complexity index is 401. The first-order valence-corrected chi connectivity index (χ1v) is 7.15. The van der Waals surface area contributed by atoms with Crippen molar-refractivity contribution in [2.45, 2.75) is 24.8 Å². The minimum absolute atomic E-state index is 0.468. The maximum absolute atomic E-state index is 11.2. The molecule has 5 heteroatoms. The number of aliphatic imine (C=N–C) groups is 1. The number of nitrogens with zero attached hydrogens (tertiary/aromatic N) is 1. The van der Waals surface area contributed by atoms with Crippen LogP contribution >= 0.6 is 0 Å². The van der Waals surface area contributed by atoms with Crippen LogP contribution in [0.3, 0.4) is 0 Å². The molecule has 0 spiro atoms. The summed E-state index contributed by atoms with van der Waals surface area (Å²) >= 11 is 0. The van der Waals surface area contributed by atoms with Gasteiger partial charge in [-0.15, -0.1) is 0 Å². The average Bonchev–Trinajstić information content (AvgIpc) is 2.34. The summed E-state index contributed by atoms with van der Waals surface area (Å²) in [5.41, 5.74) is 6.73. The molecule has 0 aromatic heterocycles. The molecule has 1 unspecified atom stereocenters. The van der Waals surface area contributed by atoms with Crippen LogP contribution in [0.1, 0.15) is 18.9 Å². The fraction of sp³-hybridized carbons (Fsp3) is 0.417. The Morgan fingerprint density at radius 2 is 2.06 bits per heavy atom. The van der Waals surface area contributed by atoms with E-state index >= 15 is 0 Å². The van der Waals surface area contributed by atoms with Crippen LogP contribution in [0.5, 0.6) is 0 Å². The summed E-state index contributed by atoms with van der Waals surface area (Å²) in [5, 5.41) is 3.01. The van der Waals surface area contributed by atoms with E-state index in [-0.39, 0.29) is 0 Å². The molecule has 1 atom stereocenters. The van der Waals surface area contributed by atoms with Gasteiger partial charge >= 0.3 is 0 Å². The predicted octanol–water partition coefficient (Wildman–Crippen LogP) is 1.24. The van der Waals surface area contributed by atoms with Gasteiger partial charge in [0.15, 0.2) is 5.96 Å². The Hall–Kier alpha value is -1.36. The van der Waals surface area contributed by atoms with Crippen LogP contribution in [-0.2, 0) is 17.3 Å². The maximum Gasteiger partial charge on any atom is 0.188 e. The van der Waals surface area contributed by atoms with E-state index in [9.17, 15) is 4.21 Å². The molecule has 1 aromatic rings. The van der Waals surface area contributed by atoms with E-state index in [1.807, 2.05) is 24.3 Å². The van der Waals surface area contributed by atoms with Crippen molar-refractivity contribution in [2.75, 3.05) is 12.8 Å². The second-order valence-corrected chi connectivity index (χ2v) is 5.11. The Morgan fingerprint density at radius 1 is 1.41 bits per heavy atom. The SMILES string of the molecule is CCCNC(N)=NCc1ccc(S(C)=O)cc1. The van der Waals surface area contributed by atoms with Crippen molar-refractivity contribution >= 4 is 16.8 Å². The minimum atomic E-state index is -0.927. The fourth-order valence-electron chi connectivity index (χ4n) is 1.27. The Labute approximate surface area is 105 Å². The number of guanidine groups is 1. The maximum atomic E-state index is 11.2. The van der Waals surface area contributed by atoms with Crippen LogP contribution in [-0.4, -0.2) is 23.0 Å². The van der Waals surface area contributed by atoms with Gasteiger partial charge in [0, 0.05) is 28.5 Å². The van der Waals surface area contributed by atoms with E-state index < -0.39 is 10.8 Å². The van der Waals surface area contributed by atoms with Crippen LogP contribution in [0.15, 0.2) is 34.2 Å². The first kappa shape index (κ1) is 13.7. The van der Waals surface area contributed by atoms with Gasteiger partial charge in [0.2, 0.25) is 0 Å². The first-order chi connectivity index (χ1) is 8.13. The summed E-state index contributed by atoms with van der Waals surface area (Å²) in [4.78, 5) is 5.04. The van der Waals surface area contributed by atoms with Crippen molar-refractivity contribution in [1.82, 2.24) is 5.32 Å². The summed E-state index contributed by atoms with van der Waals surface area (Å²) in [5.74, 6) is 0.468. The molecule has 0 aliphatic heterocycles. The molecule has 17 heavy (non-hydrogen) atoms. The fourth-order valence-corrected chi connectivity index (χ4v) is 1.79. The summed E-state index contributed by atoms with van der Waals surface area (Å²) in [7, 11) is -0.927. The lowest BCUT2D eigenvalue weighted by Gasteiger charge is -2.03. The van der Waals surface area contributed by atoms with E-state index in [1.165, 1.54) is 0 Å². The van der Waals surface area contributed by atoms with Crippen molar-refractivity contribution in [3.63, 3.8) is 0 Å². The molecule has 0 aliphatic rings. The zero-order valence-corrected chi connectivity index (χ0v) is 11.1. The zero-order chi connectivity index (χ0) is 12.7. The van der Waals surface area contributed by atoms with Crippen LogP contribution in [0.4, 0.5) is 0 Å². The molecule has 3 N–H and O–H groups in total. The van der Waals surface area contributed by atoms with Crippen LogP contribution in [0, 0.1) is 0 Å². The number of hydrogen-bond donors (Lipinski definition) is 2. The van der Waals surface area contributed by atoms with E-state index in [0.29, 0.717) is 12.5 Å². The van der Waals surface area contributed by atoms with Crippen LogP contribution in [0.25, 0.3) is 0 Å². The highest BCUT2D eigenvalue weighted by Crippen LogP contribution is 2.08. The van der Waals surface area contributed by atoms with E-state index in [0.717, 1.165) is 23.4 Å². The van der Waals surface area contributed by atoms with Crippen molar-refractivity contribution in [3.05, 3.63) is 29.8 Å². The van der Waals surface area contributed by atoms with Crippen LogP contribution in [0.2, 0.25) is 0 Å². The summed E-state index contributed by atoms with van der Waals surface area (Å²) in [6.45, 7) is 3.45. The lowest BCUT2D eigenvalue weighted by molar-refractivity contribution is 0.687. The van der Waals surface area contributed by atoms with Gasteiger partial charge < -0.3 is 11.1 Å². The zero-order valence-electron chi connectivity index (χ0n) is 10.3. The summed E-state index contributed by atoms with van der Waals surface area (Å²) in [6.07, 6.45) is 2.69. The van der Waals surface area contributed by atoms with Gasteiger partial charge in [0.1, 0.15) is 0 Å². The normalized spacial score (nSPS) is 13.4. The number of rotatable bonds is 5. The van der Waals surface area contributed by atoms with Gasteiger partial charge in [0.05, 0.1) is 6.54 Å². The molecule has 0 heterocycles. The molecule has 0 bridgehead atoms. The van der Waals surface area contributed by atoms with Crippen molar-refractivity contribution < 1.29 is 4.21 Å². The summed E-state index contributed by atoms with van der Waals surface area (Å²) < 4.78 is 11.2. The molecule has 4 nitrogen and oxygen atoms in total. The van der Waals surface area contributed by atoms with Gasteiger partial charge in [-0.2, -0.15) is 0 Å². The molecular weight excluding hydrogens is 234 g/mol.